The van der Waals surface area contributed by atoms with Crippen LogP contribution in [0.3, 0.4) is 0 Å². The second-order valence-electron chi connectivity index (χ2n) is 11.5. The fourth-order valence-electron chi connectivity index (χ4n) is 4.38. The maximum absolute atomic E-state index is 12.9. The van der Waals surface area contributed by atoms with Crippen molar-refractivity contribution in [1.29, 1.82) is 0 Å². The van der Waals surface area contributed by atoms with Crippen LogP contribution in [-0.2, 0) is 57.0 Å². The van der Waals surface area contributed by atoms with Crippen molar-refractivity contribution < 1.29 is 85.6 Å². The van der Waals surface area contributed by atoms with E-state index in [0.29, 0.717) is 5.39 Å². The third-order valence-corrected chi connectivity index (χ3v) is 7.10. The summed E-state index contributed by atoms with van der Waals surface area (Å²) < 4.78 is 63.3. The third-order valence-electron chi connectivity index (χ3n) is 7.10. The monoisotopic (exact) mass is 863 g/mol. The molecule has 0 saturated heterocycles. The number of carbonyl (C=O) groups is 6. The number of amides is 3. The van der Waals surface area contributed by atoms with Crippen LogP contribution in [0.1, 0.15) is 0 Å². The van der Waals surface area contributed by atoms with E-state index < -0.39 is 36.2 Å². The van der Waals surface area contributed by atoms with Gasteiger partial charge in [0.05, 0.1) is 79.3 Å². The number of carbonyl (C=O) groups excluding carboxylic acids is 6. The summed E-state index contributed by atoms with van der Waals surface area (Å²) in [6.07, 6.45) is 0.463. The second-order valence-corrected chi connectivity index (χ2v) is 11.5. The molecule has 61 heavy (non-hydrogen) atoms. The second kappa shape index (κ2) is 32.7. The van der Waals surface area contributed by atoms with Crippen molar-refractivity contribution in [3.63, 3.8) is 0 Å². The van der Waals surface area contributed by atoms with E-state index in [-0.39, 0.29) is 141 Å². The van der Waals surface area contributed by atoms with Crippen LogP contribution >= 0.6 is 0 Å². The Balaban J connectivity index is 1.96. The molecule has 0 aromatic heterocycles. The van der Waals surface area contributed by atoms with E-state index in [9.17, 15) is 28.8 Å². The van der Waals surface area contributed by atoms with E-state index in [1.807, 2.05) is 0 Å². The average Bonchev–Trinajstić information content (AvgIpc) is 3.26. The summed E-state index contributed by atoms with van der Waals surface area (Å²) in [5.41, 5.74) is 0. The molecule has 3 amide bonds. The molecule has 0 aliphatic rings. The van der Waals surface area contributed by atoms with E-state index in [1.165, 1.54) is 6.07 Å². The molecule has 0 aliphatic heterocycles. The number of benzene rings is 2. The maximum atomic E-state index is 12.9. The summed E-state index contributed by atoms with van der Waals surface area (Å²) in [6.45, 7) is 12.4. The van der Waals surface area contributed by atoms with Crippen LogP contribution in [0.4, 0.5) is 14.4 Å². The summed E-state index contributed by atoms with van der Waals surface area (Å²) in [6, 6.07) is 7.73. The Kier molecular flexibility index (Phi) is 27.4. The van der Waals surface area contributed by atoms with Gasteiger partial charge >= 0.3 is 36.2 Å². The lowest BCUT2D eigenvalue weighted by Gasteiger charge is -2.17. The van der Waals surface area contributed by atoms with Crippen LogP contribution in [0.15, 0.2) is 68.3 Å². The first-order chi connectivity index (χ1) is 29.7. The number of esters is 3. The molecule has 3 N–H and O–H groups in total. The average molecular weight is 864 g/mol. The fraction of sp³-hybridized carbons (Fsp3) is 0.450. The van der Waals surface area contributed by atoms with Gasteiger partial charge in [-0.2, -0.15) is 0 Å². The number of ether oxygens (including phenoxy) is 12. The van der Waals surface area contributed by atoms with Gasteiger partial charge in [-0.1, -0.05) is 44.0 Å². The highest BCUT2D eigenvalue weighted by Gasteiger charge is 2.22. The minimum atomic E-state index is -0.937. The lowest BCUT2D eigenvalue weighted by Crippen LogP contribution is -2.32. The molecule has 0 heterocycles. The number of nitrogens with one attached hydrogen (secondary N) is 3. The van der Waals surface area contributed by atoms with Gasteiger partial charge in [-0.3, -0.25) is 0 Å². The third kappa shape index (κ3) is 23.9. The van der Waals surface area contributed by atoms with Crippen LogP contribution in [0.5, 0.6) is 17.2 Å². The minimum absolute atomic E-state index is 0.0211. The van der Waals surface area contributed by atoms with Crippen molar-refractivity contribution in [2.45, 2.75) is 0 Å². The Bertz CT molecular complexity index is 1700. The normalized spacial score (nSPS) is 10.5. The highest BCUT2D eigenvalue weighted by Crippen LogP contribution is 2.42. The van der Waals surface area contributed by atoms with Crippen LogP contribution in [-0.4, -0.2) is 155 Å². The summed E-state index contributed by atoms with van der Waals surface area (Å²) in [5, 5.41) is 8.24. The molecule has 336 valence electrons. The zero-order valence-electron chi connectivity index (χ0n) is 33.8. The molecule has 0 fully saturated rings. The first-order valence-electron chi connectivity index (χ1n) is 18.9. The standard InChI is InChI=1S/C40H53N3O18/c1-4-34(44)56-26-23-53-20-17-50-14-11-41-38(47)59-32-29-33(60-39(48)42-12-15-51-18-21-54-24-27-57-35(45)5-2)37(31-10-8-7-9-30(31)32)61-40(49)43-13-16-52-19-22-55-25-28-58-36(46)6-3/h4-10,29H,1-3,11-28H2,(H,41,47)(H,42,48)(H,43,49). The molecule has 0 unspecified atom stereocenters. The smallest absolute Gasteiger partial charge is 0.412 e. The molecule has 21 nitrogen and oxygen atoms in total. The first-order valence-corrected chi connectivity index (χ1v) is 18.9. The fourth-order valence-corrected chi connectivity index (χ4v) is 4.38. The number of rotatable bonds is 33. The van der Waals surface area contributed by atoms with Crippen LogP contribution in [0.2, 0.25) is 0 Å². The summed E-state index contributed by atoms with van der Waals surface area (Å²) >= 11 is 0. The van der Waals surface area contributed by atoms with E-state index in [0.717, 1.165) is 18.2 Å². The van der Waals surface area contributed by atoms with Crippen LogP contribution in [0, 0.1) is 0 Å². The molecule has 0 atom stereocenters. The van der Waals surface area contributed by atoms with Gasteiger partial charge in [-0.15, -0.1) is 0 Å². The van der Waals surface area contributed by atoms with Crippen molar-refractivity contribution >= 4 is 47.0 Å². The lowest BCUT2D eigenvalue weighted by molar-refractivity contribution is -0.140. The van der Waals surface area contributed by atoms with Gasteiger partial charge in [0.1, 0.15) is 25.6 Å². The number of fused-ring (bicyclic) bond motifs is 1. The molecule has 2 rings (SSSR count). The molecule has 2 aromatic rings. The van der Waals surface area contributed by atoms with Crippen LogP contribution < -0.4 is 30.2 Å². The van der Waals surface area contributed by atoms with E-state index in [2.05, 4.69) is 35.7 Å². The molecule has 0 radical (unpaired) electrons. The summed E-state index contributed by atoms with van der Waals surface area (Å²) in [5.74, 6) is -2.07. The zero-order valence-corrected chi connectivity index (χ0v) is 33.8. The number of hydrogen-bond acceptors (Lipinski definition) is 18. The van der Waals surface area contributed by atoms with Crippen molar-refractivity contribution in [3.05, 3.63) is 68.3 Å². The van der Waals surface area contributed by atoms with E-state index in [1.54, 1.807) is 24.3 Å². The van der Waals surface area contributed by atoms with Crippen molar-refractivity contribution in [2.24, 2.45) is 0 Å². The highest BCUT2D eigenvalue weighted by molar-refractivity contribution is 5.98. The lowest BCUT2D eigenvalue weighted by atomic mass is 10.1. The number of hydrogen-bond donors (Lipinski definition) is 3. The Morgan fingerprint density at radius 1 is 0.426 bits per heavy atom. The van der Waals surface area contributed by atoms with E-state index >= 15 is 0 Å². The maximum Gasteiger partial charge on any atom is 0.412 e. The van der Waals surface area contributed by atoms with Crippen molar-refractivity contribution in [3.8, 4) is 17.2 Å². The first kappa shape index (κ1) is 51.0. The predicted molar refractivity (Wildman–Crippen MR) is 214 cm³/mol. The van der Waals surface area contributed by atoms with Gasteiger partial charge in [0.25, 0.3) is 0 Å². The highest BCUT2D eigenvalue weighted by atomic mass is 16.6. The van der Waals surface area contributed by atoms with Crippen molar-refractivity contribution in [1.82, 2.24) is 16.0 Å². The van der Waals surface area contributed by atoms with Gasteiger partial charge in [-0.25, -0.2) is 28.8 Å². The molecule has 0 bridgehead atoms. The Morgan fingerprint density at radius 2 is 0.754 bits per heavy atom. The molecule has 0 aliphatic carbocycles. The molecular formula is C40H53N3O18. The minimum Gasteiger partial charge on any atom is -0.460 e. The topological polar surface area (TPSA) is 249 Å². The van der Waals surface area contributed by atoms with Gasteiger partial charge in [0.15, 0.2) is 11.5 Å². The Labute approximate surface area is 352 Å². The Morgan fingerprint density at radius 3 is 1.15 bits per heavy atom. The summed E-state index contributed by atoms with van der Waals surface area (Å²) in [7, 11) is 0. The predicted octanol–water partition coefficient (Wildman–Crippen LogP) is 2.39. The largest absolute Gasteiger partial charge is 0.460 e. The SMILES string of the molecule is C=CC(=O)OCCOCCOCCNC(=O)Oc1cc(OC(=O)NCCOCCOCCOC(=O)C=C)c2ccccc2c1OC(=O)NCCOCCOCCOC(=O)C=C. The van der Waals surface area contributed by atoms with Gasteiger partial charge in [0, 0.05) is 54.7 Å². The van der Waals surface area contributed by atoms with E-state index in [4.69, 9.17) is 56.8 Å². The quantitative estimate of drug-likeness (QED) is 0.0403. The molecular weight excluding hydrogens is 810 g/mol. The van der Waals surface area contributed by atoms with Crippen LogP contribution in [0.25, 0.3) is 10.8 Å². The van der Waals surface area contributed by atoms with Gasteiger partial charge in [-0.05, 0) is 0 Å². The molecule has 0 saturated carbocycles. The van der Waals surface area contributed by atoms with Gasteiger partial charge in [0.2, 0.25) is 0 Å². The molecule has 0 spiro atoms. The Hall–Kier alpha value is -6.10. The van der Waals surface area contributed by atoms with Gasteiger partial charge < -0.3 is 72.8 Å². The molecule has 2 aromatic carbocycles. The summed E-state index contributed by atoms with van der Waals surface area (Å²) in [4.78, 5) is 71.8. The molecule has 21 heteroatoms. The van der Waals surface area contributed by atoms with Crippen molar-refractivity contribution in [2.75, 3.05) is 119 Å². The zero-order chi connectivity index (χ0) is 44.3.